The minimum atomic E-state index is -0.837. The van der Waals surface area contributed by atoms with Gasteiger partial charge in [-0.2, -0.15) is 0 Å². The summed E-state index contributed by atoms with van der Waals surface area (Å²) >= 11 is 9.44. The second kappa shape index (κ2) is 12.8. The number of aryl methyl sites for hydroxylation is 1. The van der Waals surface area contributed by atoms with Crippen LogP contribution in [-0.2, 0) is 9.59 Å². The van der Waals surface area contributed by atoms with Crippen molar-refractivity contribution in [2.75, 3.05) is 24.7 Å². The molecule has 1 fully saturated rings. The molecule has 3 aromatic rings. The number of nitrogens with zero attached hydrogens (tertiary/aromatic N) is 1. The average Bonchev–Trinajstić information content (AvgIpc) is 2.90. The SMILES string of the molecule is CCOc1cc(/C=C2/C(=O)NC(=O)N(c3ccc(Cl)cc3)C2=O)cc(Br)c1OCCCOc1ccc(C)cc1. The normalized spacial score (nSPS) is 14.4. The van der Waals surface area contributed by atoms with Crippen LogP contribution in [0.25, 0.3) is 6.08 Å². The fraction of sp³-hybridized carbons (Fsp3) is 0.207. The molecule has 8 nitrogen and oxygen atoms in total. The molecule has 0 radical (unpaired) electrons. The van der Waals surface area contributed by atoms with Gasteiger partial charge in [0.2, 0.25) is 0 Å². The molecule has 1 N–H and O–H groups in total. The van der Waals surface area contributed by atoms with Crippen LogP contribution in [0.4, 0.5) is 10.5 Å². The number of anilines is 1. The van der Waals surface area contributed by atoms with Crippen LogP contribution >= 0.6 is 27.5 Å². The van der Waals surface area contributed by atoms with Gasteiger partial charge in [0.05, 0.1) is 30.0 Å². The van der Waals surface area contributed by atoms with Crippen molar-refractivity contribution in [1.82, 2.24) is 5.32 Å². The van der Waals surface area contributed by atoms with Crippen LogP contribution < -0.4 is 24.4 Å². The Morgan fingerprint density at radius 1 is 0.949 bits per heavy atom. The fourth-order valence-electron chi connectivity index (χ4n) is 3.78. The van der Waals surface area contributed by atoms with Crippen molar-refractivity contribution >= 4 is 57.1 Å². The zero-order valence-corrected chi connectivity index (χ0v) is 23.7. The summed E-state index contributed by atoms with van der Waals surface area (Å²) in [6.45, 7) is 5.09. The zero-order chi connectivity index (χ0) is 27.9. The minimum absolute atomic E-state index is 0.208. The van der Waals surface area contributed by atoms with Gasteiger partial charge in [-0.05, 0) is 89.9 Å². The molecule has 10 heteroatoms. The molecule has 0 unspecified atom stereocenters. The smallest absolute Gasteiger partial charge is 0.335 e. The Balaban J connectivity index is 1.49. The van der Waals surface area contributed by atoms with Crippen molar-refractivity contribution in [3.63, 3.8) is 0 Å². The van der Waals surface area contributed by atoms with E-state index < -0.39 is 17.8 Å². The van der Waals surface area contributed by atoms with Crippen LogP contribution in [0.15, 0.2) is 70.7 Å². The standard InChI is InChI=1S/C29H26BrClN2O6/c1-3-37-25-17-19(16-24(30)26(25)39-14-4-13-38-22-11-5-18(2)6-12-22)15-23-27(34)32-29(36)33(28(23)35)21-9-7-20(31)8-10-21/h5-12,15-17H,3-4,13-14H2,1-2H3,(H,32,34,36)/b23-15-. The third kappa shape index (κ3) is 6.99. The number of hydrogen-bond acceptors (Lipinski definition) is 6. The quantitative estimate of drug-likeness (QED) is 0.163. The first kappa shape index (κ1) is 28.2. The van der Waals surface area contributed by atoms with Gasteiger partial charge in [-0.15, -0.1) is 0 Å². The Morgan fingerprint density at radius 3 is 2.33 bits per heavy atom. The monoisotopic (exact) mass is 612 g/mol. The first-order valence-electron chi connectivity index (χ1n) is 12.2. The Kier molecular flexibility index (Phi) is 9.27. The zero-order valence-electron chi connectivity index (χ0n) is 21.3. The van der Waals surface area contributed by atoms with Gasteiger partial charge in [-0.25, -0.2) is 9.69 Å². The van der Waals surface area contributed by atoms with E-state index >= 15 is 0 Å². The molecular weight excluding hydrogens is 588 g/mol. The van der Waals surface area contributed by atoms with E-state index in [1.54, 1.807) is 24.3 Å². The topological polar surface area (TPSA) is 94.2 Å². The third-order valence-corrected chi connectivity index (χ3v) is 6.50. The highest BCUT2D eigenvalue weighted by Crippen LogP contribution is 2.38. The second-order valence-electron chi connectivity index (χ2n) is 8.56. The highest BCUT2D eigenvalue weighted by Gasteiger charge is 2.36. The molecule has 1 aliphatic rings. The Hall–Kier alpha value is -3.82. The molecule has 0 aliphatic carbocycles. The Morgan fingerprint density at radius 2 is 1.64 bits per heavy atom. The lowest BCUT2D eigenvalue weighted by molar-refractivity contribution is -0.122. The molecule has 0 bridgehead atoms. The number of urea groups is 1. The molecule has 4 rings (SSSR count). The predicted octanol–water partition coefficient (Wildman–Crippen LogP) is 6.32. The summed E-state index contributed by atoms with van der Waals surface area (Å²) < 4.78 is 18.1. The van der Waals surface area contributed by atoms with Crippen molar-refractivity contribution in [1.29, 1.82) is 0 Å². The largest absolute Gasteiger partial charge is 0.493 e. The summed E-state index contributed by atoms with van der Waals surface area (Å²) in [5.41, 5.74) is 1.75. The summed E-state index contributed by atoms with van der Waals surface area (Å²) in [5, 5.41) is 2.66. The van der Waals surface area contributed by atoms with Gasteiger partial charge in [0.1, 0.15) is 11.3 Å². The number of carbonyl (C=O) groups excluding carboxylic acids is 3. The third-order valence-electron chi connectivity index (χ3n) is 5.65. The van der Waals surface area contributed by atoms with E-state index in [2.05, 4.69) is 21.2 Å². The molecule has 1 heterocycles. The second-order valence-corrected chi connectivity index (χ2v) is 9.85. The van der Waals surface area contributed by atoms with Crippen LogP contribution in [0.1, 0.15) is 24.5 Å². The summed E-state index contributed by atoms with van der Waals surface area (Å²) in [6.07, 6.45) is 2.04. The first-order chi connectivity index (χ1) is 18.8. The maximum Gasteiger partial charge on any atom is 0.335 e. The lowest BCUT2D eigenvalue weighted by atomic mass is 10.1. The van der Waals surface area contributed by atoms with Crippen LogP contribution in [0, 0.1) is 6.92 Å². The maximum absolute atomic E-state index is 13.2. The van der Waals surface area contributed by atoms with Gasteiger partial charge in [-0.1, -0.05) is 29.3 Å². The van der Waals surface area contributed by atoms with E-state index in [0.717, 1.165) is 10.6 Å². The van der Waals surface area contributed by atoms with Crippen LogP contribution in [0.2, 0.25) is 5.02 Å². The number of nitrogens with one attached hydrogen (secondary N) is 1. The number of amides is 4. The number of carbonyl (C=O) groups is 3. The number of ether oxygens (including phenoxy) is 3. The summed E-state index contributed by atoms with van der Waals surface area (Å²) in [5.74, 6) is 0.179. The number of halogens is 2. The van der Waals surface area contributed by atoms with Crippen molar-refractivity contribution in [2.24, 2.45) is 0 Å². The van der Waals surface area contributed by atoms with E-state index in [1.165, 1.54) is 23.8 Å². The number of benzene rings is 3. The summed E-state index contributed by atoms with van der Waals surface area (Å²) in [6, 6.07) is 16.5. The molecule has 0 saturated carbocycles. The number of hydrogen-bond donors (Lipinski definition) is 1. The lowest BCUT2D eigenvalue weighted by Crippen LogP contribution is -2.54. The number of imide groups is 2. The van der Waals surface area contributed by atoms with Crippen LogP contribution in [-0.4, -0.2) is 37.7 Å². The fourth-order valence-corrected chi connectivity index (χ4v) is 4.48. The number of rotatable bonds is 10. The predicted molar refractivity (Wildman–Crippen MR) is 153 cm³/mol. The highest BCUT2D eigenvalue weighted by molar-refractivity contribution is 9.10. The molecule has 0 spiro atoms. The molecule has 3 aromatic carbocycles. The van der Waals surface area contributed by atoms with E-state index in [0.29, 0.717) is 52.8 Å². The molecule has 0 atom stereocenters. The van der Waals surface area contributed by atoms with Gasteiger partial charge < -0.3 is 14.2 Å². The minimum Gasteiger partial charge on any atom is -0.493 e. The van der Waals surface area contributed by atoms with Crippen molar-refractivity contribution in [3.05, 3.63) is 86.9 Å². The highest BCUT2D eigenvalue weighted by atomic mass is 79.9. The number of barbiturate groups is 1. The van der Waals surface area contributed by atoms with Crippen molar-refractivity contribution in [2.45, 2.75) is 20.3 Å². The molecule has 4 amide bonds. The van der Waals surface area contributed by atoms with Gasteiger partial charge in [0.25, 0.3) is 11.8 Å². The van der Waals surface area contributed by atoms with E-state index in [4.69, 9.17) is 25.8 Å². The molecule has 202 valence electrons. The van der Waals surface area contributed by atoms with E-state index in [-0.39, 0.29) is 11.3 Å². The van der Waals surface area contributed by atoms with Crippen LogP contribution in [0.3, 0.4) is 0 Å². The Labute approximate surface area is 239 Å². The molecule has 1 saturated heterocycles. The van der Waals surface area contributed by atoms with Crippen molar-refractivity contribution in [3.8, 4) is 17.2 Å². The first-order valence-corrected chi connectivity index (χ1v) is 13.4. The Bertz CT molecular complexity index is 1410. The van der Waals surface area contributed by atoms with Gasteiger partial charge in [0, 0.05) is 11.4 Å². The molecular formula is C29H26BrClN2O6. The van der Waals surface area contributed by atoms with Gasteiger partial charge in [0.15, 0.2) is 11.5 Å². The van der Waals surface area contributed by atoms with E-state index in [1.807, 2.05) is 38.1 Å². The van der Waals surface area contributed by atoms with Crippen LogP contribution in [0.5, 0.6) is 17.2 Å². The summed E-state index contributed by atoms with van der Waals surface area (Å²) in [4.78, 5) is 39.1. The molecule has 39 heavy (non-hydrogen) atoms. The lowest BCUT2D eigenvalue weighted by Gasteiger charge is -2.26. The van der Waals surface area contributed by atoms with Gasteiger partial charge in [-0.3, -0.25) is 14.9 Å². The summed E-state index contributed by atoms with van der Waals surface area (Å²) in [7, 11) is 0. The molecule has 1 aliphatic heterocycles. The van der Waals surface area contributed by atoms with E-state index in [9.17, 15) is 14.4 Å². The van der Waals surface area contributed by atoms with Gasteiger partial charge >= 0.3 is 6.03 Å². The molecule has 0 aromatic heterocycles. The van der Waals surface area contributed by atoms with Crippen molar-refractivity contribution < 1.29 is 28.6 Å². The maximum atomic E-state index is 13.2. The average molecular weight is 614 g/mol.